The summed E-state index contributed by atoms with van der Waals surface area (Å²) in [4.78, 5) is 1.38. The molecule has 5 aromatic carbocycles. The minimum Gasteiger partial charge on any atom is -0.276 e. The number of hydrogen-bond donors (Lipinski definition) is 0. The highest BCUT2D eigenvalue weighted by Gasteiger charge is 2.31. The van der Waals surface area contributed by atoms with Crippen molar-refractivity contribution in [1.29, 1.82) is 0 Å². The van der Waals surface area contributed by atoms with Crippen LogP contribution in [0.1, 0.15) is 121 Å². The first-order chi connectivity index (χ1) is 32.7. The number of benzene rings is 5. The summed E-state index contributed by atoms with van der Waals surface area (Å²) in [6.07, 6.45) is 9.87. The molecule has 5 nitrogen and oxygen atoms in total. The van der Waals surface area contributed by atoms with Crippen molar-refractivity contribution < 1.29 is 9.13 Å². The zero-order valence-electron chi connectivity index (χ0n) is 43.2. The molecule has 0 aliphatic rings. The van der Waals surface area contributed by atoms with E-state index in [9.17, 15) is 0 Å². The van der Waals surface area contributed by atoms with Gasteiger partial charge in [-0.15, -0.1) is 11.3 Å². The Morgan fingerprint density at radius 2 is 1.10 bits per heavy atom. The van der Waals surface area contributed by atoms with Crippen molar-refractivity contribution in [2.24, 2.45) is 25.9 Å². The molecule has 6 heteroatoms. The molecule has 4 heterocycles. The highest BCUT2D eigenvalue weighted by atomic mass is 32.1. The van der Waals surface area contributed by atoms with E-state index in [2.05, 4.69) is 264 Å². The number of fused-ring (bicyclic) bond motifs is 1. The van der Waals surface area contributed by atoms with Gasteiger partial charge >= 0.3 is 0 Å². The molecular formula is C62H75N5S+2. The fourth-order valence-electron chi connectivity index (χ4n) is 9.50. The van der Waals surface area contributed by atoms with Gasteiger partial charge in [-0.1, -0.05) is 161 Å². The van der Waals surface area contributed by atoms with Crippen molar-refractivity contribution in [3.8, 4) is 51.2 Å². The lowest BCUT2D eigenvalue weighted by molar-refractivity contribution is -0.659. The number of aromatic nitrogens is 5. The Bertz CT molecular complexity index is 3050. The molecule has 0 fully saturated rings. The smallest absolute Gasteiger partial charge is 0.276 e. The van der Waals surface area contributed by atoms with Gasteiger partial charge in [0, 0.05) is 32.0 Å². The van der Waals surface area contributed by atoms with Crippen LogP contribution in [0.25, 0.3) is 61.3 Å². The predicted molar refractivity (Wildman–Crippen MR) is 291 cm³/mol. The van der Waals surface area contributed by atoms with Gasteiger partial charge in [-0.3, -0.25) is 4.57 Å². The number of imidazole rings is 2. The molecule has 0 aliphatic heterocycles. The van der Waals surface area contributed by atoms with Gasteiger partial charge in [-0.2, -0.15) is 9.13 Å². The average Bonchev–Trinajstić information content (AvgIpc) is 4.13. The molecule has 0 radical (unpaired) electrons. The molecule has 9 aromatic rings. The highest BCUT2D eigenvalue weighted by molar-refractivity contribution is 7.19. The van der Waals surface area contributed by atoms with E-state index in [-0.39, 0.29) is 0 Å². The third kappa shape index (κ3) is 10.1. The van der Waals surface area contributed by atoms with Crippen LogP contribution in [0.5, 0.6) is 0 Å². The summed E-state index contributed by atoms with van der Waals surface area (Å²) >= 11 is 1.92. The monoisotopic (exact) mass is 922 g/mol. The SMILES string of the molecule is CC.CC(C)c1cc(-c2ccccc2)n(-c2ccccc2)c1-n1cc[n+](C)c1-c1ccccc1C[C@H](C)C(C)C.Cc1cc2cc(C(C)C)c(-n3cc[n+](C)c3-c3ccccc3)c(C(C)C)c2s1. The molecule has 0 unspecified atom stereocenters. The minimum absolute atomic E-state index is 0.356. The van der Waals surface area contributed by atoms with Crippen molar-refractivity contribution in [2.45, 2.75) is 107 Å². The minimum atomic E-state index is 0.356. The van der Waals surface area contributed by atoms with Crippen LogP contribution in [0.4, 0.5) is 0 Å². The summed E-state index contributed by atoms with van der Waals surface area (Å²) in [7, 11) is 4.30. The first-order valence-electron chi connectivity index (χ1n) is 25.0. The van der Waals surface area contributed by atoms with Gasteiger partial charge in [-0.25, -0.2) is 9.13 Å². The van der Waals surface area contributed by atoms with Crippen molar-refractivity contribution >= 4 is 21.4 Å². The van der Waals surface area contributed by atoms with E-state index < -0.39 is 0 Å². The standard InChI is InChI=1S/C35H40N3.C25H29N2S.C2H6/c1-25(2)27(5)23-29-17-13-14-20-31(29)34-36(6)21-22-37(34)35-32(26(3)4)24-33(28-15-9-7-10-16-28)38(35)30-18-11-8-12-19-30;1-16(2)21-15-20-14-18(5)28-24(20)22(17(3)4)23(21)27-13-12-26(6)25(27)19-10-8-7-9-11-19;1-2/h7-22,24-27H,23H2,1-6H3;7-17H,1-6H3;1-2H3/q2*+1;/t27-;;/m0../s1. The predicted octanol–water partition coefficient (Wildman–Crippen LogP) is 16.1. The molecule has 68 heavy (non-hydrogen) atoms. The molecular weight excluding hydrogens is 847 g/mol. The van der Waals surface area contributed by atoms with Gasteiger partial charge in [-0.05, 0) is 108 Å². The van der Waals surface area contributed by atoms with Crippen molar-refractivity contribution in [1.82, 2.24) is 13.7 Å². The van der Waals surface area contributed by atoms with Crippen LogP contribution in [0.3, 0.4) is 0 Å². The molecule has 4 aromatic heterocycles. The largest absolute Gasteiger partial charge is 0.295 e. The Kier molecular flexibility index (Phi) is 15.9. The van der Waals surface area contributed by atoms with E-state index in [1.165, 1.54) is 82.8 Å². The molecule has 0 saturated heterocycles. The van der Waals surface area contributed by atoms with Crippen LogP contribution in [-0.4, -0.2) is 13.7 Å². The Hall–Kier alpha value is -6.24. The summed E-state index contributed by atoms with van der Waals surface area (Å²) in [6, 6.07) is 48.3. The Morgan fingerprint density at radius 3 is 1.69 bits per heavy atom. The third-order valence-corrected chi connectivity index (χ3v) is 14.4. The topological polar surface area (TPSA) is 22.5 Å². The van der Waals surface area contributed by atoms with E-state index in [0.717, 1.165) is 12.1 Å². The summed E-state index contributed by atoms with van der Waals surface area (Å²) in [5.74, 6) is 6.12. The molecule has 1 atom stereocenters. The Morgan fingerprint density at radius 1 is 0.559 bits per heavy atom. The van der Waals surface area contributed by atoms with Gasteiger partial charge in [0.25, 0.3) is 11.6 Å². The molecule has 352 valence electrons. The molecule has 0 saturated carbocycles. The van der Waals surface area contributed by atoms with Crippen LogP contribution < -0.4 is 9.13 Å². The second-order valence-corrected chi connectivity index (χ2v) is 20.7. The maximum absolute atomic E-state index is 2.44. The number of nitrogens with zero attached hydrogens (tertiary/aromatic N) is 5. The molecule has 0 aliphatic carbocycles. The average molecular weight is 922 g/mol. The lowest BCUT2D eigenvalue weighted by Crippen LogP contribution is -2.30. The van der Waals surface area contributed by atoms with E-state index >= 15 is 0 Å². The second kappa shape index (κ2) is 21.8. The number of aryl methyl sites for hydroxylation is 3. The van der Waals surface area contributed by atoms with Gasteiger partial charge in [0.1, 0.15) is 30.5 Å². The van der Waals surface area contributed by atoms with Crippen LogP contribution >= 0.6 is 11.3 Å². The number of para-hydroxylation sites is 1. The first kappa shape index (κ1) is 49.7. The number of rotatable bonds is 12. The molecule has 0 N–H and O–H groups in total. The molecule has 0 amide bonds. The van der Waals surface area contributed by atoms with E-state index in [4.69, 9.17) is 0 Å². The third-order valence-electron chi connectivity index (χ3n) is 13.3. The molecule has 9 rings (SSSR count). The Labute approximate surface area is 412 Å². The lowest BCUT2D eigenvalue weighted by atomic mass is 9.89. The van der Waals surface area contributed by atoms with Gasteiger partial charge in [0.2, 0.25) is 5.82 Å². The van der Waals surface area contributed by atoms with E-state index in [1.54, 1.807) is 0 Å². The van der Waals surface area contributed by atoms with E-state index in [1.807, 2.05) is 25.2 Å². The fourth-order valence-corrected chi connectivity index (χ4v) is 10.7. The zero-order valence-corrected chi connectivity index (χ0v) is 44.1. The van der Waals surface area contributed by atoms with Crippen LogP contribution in [0, 0.1) is 18.8 Å². The lowest BCUT2D eigenvalue weighted by Gasteiger charge is -2.19. The van der Waals surface area contributed by atoms with Gasteiger partial charge < -0.3 is 0 Å². The summed E-state index contributed by atoms with van der Waals surface area (Å²) in [5, 5.41) is 1.39. The fraction of sp³-hybridized carbons (Fsp3) is 0.323. The maximum Gasteiger partial charge on any atom is 0.295 e. The van der Waals surface area contributed by atoms with Crippen molar-refractivity contribution in [3.63, 3.8) is 0 Å². The molecule has 0 bridgehead atoms. The van der Waals surface area contributed by atoms with Crippen LogP contribution in [0.2, 0.25) is 0 Å². The molecule has 0 spiro atoms. The highest BCUT2D eigenvalue weighted by Crippen LogP contribution is 2.42. The quantitative estimate of drug-likeness (QED) is 0.109. The normalized spacial score (nSPS) is 11.9. The summed E-state index contributed by atoms with van der Waals surface area (Å²) in [5.41, 5.74) is 13.1. The van der Waals surface area contributed by atoms with Crippen molar-refractivity contribution in [2.75, 3.05) is 0 Å². The number of hydrogen-bond acceptors (Lipinski definition) is 1. The second-order valence-electron chi connectivity index (χ2n) is 19.5. The van der Waals surface area contributed by atoms with Gasteiger partial charge in [0.15, 0.2) is 0 Å². The number of thiophene rings is 1. The van der Waals surface area contributed by atoms with E-state index in [0.29, 0.717) is 29.6 Å². The van der Waals surface area contributed by atoms with Crippen LogP contribution in [0.15, 0.2) is 158 Å². The first-order valence-corrected chi connectivity index (χ1v) is 25.8. The summed E-state index contributed by atoms with van der Waals surface area (Å²) < 4.78 is 13.2. The Balaban J connectivity index is 0.000000203. The zero-order chi connectivity index (χ0) is 48.8. The van der Waals surface area contributed by atoms with Crippen LogP contribution in [-0.2, 0) is 20.5 Å². The summed E-state index contributed by atoms with van der Waals surface area (Å²) in [6.45, 7) is 27.1. The van der Waals surface area contributed by atoms with Crippen molar-refractivity contribution in [3.05, 3.63) is 185 Å². The van der Waals surface area contributed by atoms with Gasteiger partial charge in [0.05, 0.1) is 30.9 Å². The maximum atomic E-state index is 2.44.